The van der Waals surface area contributed by atoms with Gasteiger partial charge in [0.2, 0.25) is 0 Å². The molecule has 88 valence electrons. The fourth-order valence-corrected chi connectivity index (χ4v) is 2.22. The zero-order valence-corrected chi connectivity index (χ0v) is 9.57. The lowest BCUT2D eigenvalue weighted by Gasteiger charge is -2.39. The molecule has 0 spiro atoms. The lowest BCUT2D eigenvalue weighted by Crippen LogP contribution is -2.44. The van der Waals surface area contributed by atoms with Gasteiger partial charge < -0.3 is 10.5 Å². The molecule has 1 fully saturated rings. The molecule has 0 aromatic heterocycles. The van der Waals surface area contributed by atoms with E-state index in [1.165, 1.54) is 7.11 Å². The molecule has 0 heterocycles. The summed E-state index contributed by atoms with van der Waals surface area (Å²) in [6, 6.07) is 0.904. The minimum atomic E-state index is -0.846. The van der Waals surface area contributed by atoms with E-state index in [9.17, 15) is 8.78 Å². The van der Waals surface area contributed by atoms with Crippen molar-refractivity contribution in [3.05, 3.63) is 28.3 Å². The first-order valence-electron chi connectivity index (χ1n) is 5.00. The third-order valence-corrected chi connectivity index (χ3v) is 3.35. The van der Waals surface area contributed by atoms with Gasteiger partial charge in [-0.2, -0.15) is 0 Å². The first-order chi connectivity index (χ1) is 7.49. The molecule has 0 radical (unpaired) electrons. The molecule has 16 heavy (non-hydrogen) atoms. The summed E-state index contributed by atoms with van der Waals surface area (Å²) < 4.78 is 32.3. The summed E-state index contributed by atoms with van der Waals surface area (Å²) >= 11 is 5.61. The van der Waals surface area contributed by atoms with Crippen molar-refractivity contribution < 1.29 is 13.5 Å². The number of hydrogen-bond acceptors (Lipinski definition) is 2. The molecule has 1 aliphatic carbocycles. The SMILES string of the molecule is COc1c(F)cc(Cl)c(F)c1C1(N)CCC1. The van der Waals surface area contributed by atoms with Crippen molar-refractivity contribution in [3.8, 4) is 5.75 Å². The Morgan fingerprint density at radius 2 is 2.06 bits per heavy atom. The van der Waals surface area contributed by atoms with Crippen LogP contribution in [0.3, 0.4) is 0 Å². The molecule has 0 bridgehead atoms. The van der Waals surface area contributed by atoms with Crippen LogP contribution in [0.1, 0.15) is 24.8 Å². The summed E-state index contributed by atoms with van der Waals surface area (Å²) in [5.41, 5.74) is 5.21. The van der Waals surface area contributed by atoms with E-state index >= 15 is 0 Å². The molecule has 0 atom stereocenters. The van der Waals surface area contributed by atoms with Crippen molar-refractivity contribution in [1.82, 2.24) is 0 Å². The lowest BCUT2D eigenvalue weighted by atomic mass is 9.72. The van der Waals surface area contributed by atoms with Crippen LogP contribution in [0.5, 0.6) is 5.75 Å². The molecule has 1 aromatic carbocycles. The second-order valence-corrected chi connectivity index (χ2v) is 4.48. The second kappa shape index (κ2) is 3.86. The maximum atomic E-state index is 13.9. The van der Waals surface area contributed by atoms with Crippen molar-refractivity contribution in [2.75, 3.05) is 7.11 Å². The Morgan fingerprint density at radius 3 is 2.50 bits per heavy atom. The molecule has 1 aliphatic rings. The average molecular weight is 248 g/mol. The Balaban J connectivity index is 2.65. The Morgan fingerprint density at radius 1 is 1.44 bits per heavy atom. The Bertz CT molecular complexity index is 432. The Labute approximate surface area is 97.3 Å². The summed E-state index contributed by atoms with van der Waals surface area (Å²) in [6.45, 7) is 0. The number of halogens is 3. The highest BCUT2D eigenvalue weighted by molar-refractivity contribution is 6.30. The first-order valence-corrected chi connectivity index (χ1v) is 5.38. The van der Waals surface area contributed by atoms with Gasteiger partial charge in [0.15, 0.2) is 17.4 Å². The summed E-state index contributed by atoms with van der Waals surface area (Å²) in [7, 11) is 1.29. The third kappa shape index (κ3) is 1.57. The highest BCUT2D eigenvalue weighted by Crippen LogP contribution is 2.46. The highest BCUT2D eigenvalue weighted by Gasteiger charge is 2.41. The maximum absolute atomic E-state index is 13.9. The predicted molar refractivity (Wildman–Crippen MR) is 57.6 cm³/mol. The standard InChI is InChI=1S/C11H12ClF2NO/c1-16-10-7(13)5-6(12)9(14)8(10)11(15)3-2-4-11/h5H,2-4,15H2,1H3. The first kappa shape index (κ1) is 11.6. The van der Waals surface area contributed by atoms with Crippen LogP contribution in [-0.4, -0.2) is 7.11 Å². The van der Waals surface area contributed by atoms with Crippen LogP contribution in [0.4, 0.5) is 8.78 Å². The monoisotopic (exact) mass is 247 g/mol. The highest BCUT2D eigenvalue weighted by atomic mass is 35.5. The van der Waals surface area contributed by atoms with Crippen LogP contribution >= 0.6 is 11.6 Å². The van der Waals surface area contributed by atoms with E-state index in [2.05, 4.69) is 0 Å². The fraction of sp³-hybridized carbons (Fsp3) is 0.455. The van der Waals surface area contributed by atoms with E-state index in [0.29, 0.717) is 12.8 Å². The zero-order valence-electron chi connectivity index (χ0n) is 8.82. The van der Waals surface area contributed by atoms with Crippen LogP contribution in [-0.2, 0) is 5.54 Å². The topological polar surface area (TPSA) is 35.2 Å². The maximum Gasteiger partial charge on any atom is 0.167 e. The van der Waals surface area contributed by atoms with Gasteiger partial charge in [0.05, 0.1) is 17.7 Å². The average Bonchev–Trinajstić information content (AvgIpc) is 2.19. The summed E-state index contributed by atoms with van der Waals surface area (Å²) in [6.07, 6.45) is 2.12. The summed E-state index contributed by atoms with van der Waals surface area (Å²) in [4.78, 5) is 0. The van der Waals surface area contributed by atoms with Crippen LogP contribution < -0.4 is 10.5 Å². The minimum Gasteiger partial charge on any atom is -0.493 e. The number of methoxy groups -OCH3 is 1. The Kier molecular flexibility index (Phi) is 2.80. The van der Waals surface area contributed by atoms with Gasteiger partial charge in [-0.1, -0.05) is 11.6 Å². The fourth-order valence-electron chi connectivity index (χ4n) is 2.03. The van der Waals surface area contributed by atoms with Gasteiger partial charge in [-0.3, -0.25) is 0 Å². The van der Waals surface area contributed by atoms with Gasteiger partial charge in [-0.05, 0) is 25.3 Å². The number of ether oxygens (including phenoxy) is 1. The molecule has 2 N–H and O–H groups in total. The second-order valence-electron chi connectivity index (χ2n) is 4.07. The van der Waals surface area contributed by atoms with E-state index in [0.717, 1.165) is 12.5 Å². The largest absolute Gasteiger partial charge is 0.493 e. The third-order valence-electron chi connectivity index (χ3n) is 3.07. The molecular formula is C11H12ClF2NO. The van der Waals surface area contributed by atoms with E-state index in [-0.39, 0.29) is 16.3 Å². The number of nitrogens with two attached hydrogens (primary N) is 1. The number of benzene rings is 1. The van der Waals surface area contributed by atoms with Crippen molar-refractivity contribution in [1.29, 1.82) is 0 Å². The molecule has 1 aromatic rings. The van der Waals surface area contributed by atoms with Gasteiger partial charge in [0.25, 0.3) is 0 Å². The van der Waals surface area contributed by atoms with Crippen molar-refractivity contribution in [2.24, 2.45) is 5.73 Å². The molecule has 2 nitrogen and oxygen atoms in total. The van der Waals surface area contributed by atoms with E-state index in [4.69, 9.17) is 22.1 Å². The molecule has 1 saturated carbocycles. The zero-order chi connectivity index (χ0) is 11.9. The van der Waals surface area contributed by atoms with Crippen LogP contribution in [0.15, 0.2) is 6.07 Å². The van der Waals surface area contributed by atoms with Gasteiger partial charge >= 0.3 is 0 Å². The van der Waals surface area contributed by atoms with Crippen molar-refractivity contribution in [3.63, 3.8) is 0 Å². The Hall–Kier alpha value is -0.870. The molecule has 0 unspecified atom stereocenters. The van der Waals surface area contributed by atoms with Gasteiger partial charge in [0.1, 0.15) is 0 Å². The molecule has 0 amide bonds. The number of rotatable bonds is 2. The molecule has 0 aliphatic heterocycles. The molecule has 2 rings (SSSR count). The van der Waals surface area contributed by atoms with Gasteiger partial charge in [0, 0.05) is 5.54 Å². The van der Waals surface area contributed by atoms with Gasteiger partial charge in [-0.15, -0.1) is 0 Å². The van der Waals surface area contributed by atoms with Gasteiger partial charge in [-0.25, -0.2) is 8.78 Å². The molecular weight excluding hydrogens is 236 g/mol. The number of hydrogen-bond donors (Lipinski definition) is 1. The van der Waals surface area contributed by atoms with E-state index in [1.54, 1.807) is 0 Å². The van der Waals surface area contributed by atoms with Crippen molar-refractivity contribution in [2.45, 2.75) is 24.8 Å². The van der Waals surface area contributed by atoms with E-state index < -0.39 is 17.2 Å². The van der Waals surface area contributed by atoms with Crippen LogP contribution in [0.25, 0.3) is 0 Å². The van der Waals surface area contributed by atoms with Crippen LogP contribution in [0, 0.1) is 11.6 Å². The lowest BCUT2D eigenvalue weighted by molar-refractivity contribution is 0.231. The smallest absolute Gasteiger partial charge is 0.167 e. The molecule has 5 heteroatoms. The minimum absolute atomic E-state index is 0.0613. The van der Waals surface area contributed by atoms with Crippen molar-refractivity contribution >= 4 is 11.6 Å². The quantitative estimate of drug-likeness (QED) is 0.816. The predicted octanol–water partition coefficient (Wildman–Crippen LogP) is 2.96. The summed E-state index contributed by atoms with van der Waals surface area (Å²) in [5, 5.41) is -0.259. The molecule has 0 saturated heterocycles. The van der Waals surface area contributed by atoms with Crippen LogP contribution in [0.2, 0.25) is 5.02 Å². The normalized spacial score (nSPS) is 18.1. The van der Waals surface area contributed by atoms with E-state index in [1.807, 2.05) is 0 Å². The summed E-state index contributed by atoms with van der Waals surface area (Å²) in [5.74, 6) is -1.49.